The van der Waals surface area contributed by atoms with Crippen LogP contribution in [-0.2, 0) is 9.47 Å². The van der Waals surface area contributed by atoms with Gasteiger partial charge in [0, 0.05) is 0 Å². The first-order valence-electron chi connectivity index (χ1n) is 5.13. The quantitative estimate of drug-likeness (QED) is 0.604. The van der Waals surface area contributed by atoms with Gasteiger partial charge in [0.2, 0.25) is 0 Å². The normalized spacial score (nSPS) is 9.06. The van der Waals surface area contributed by atoms with E-state index in [0.717, 1.165) is 0 Å². The van der Waals surface area contributed by atoms with Crippen LogP contribution in [0.1, 0.15) is 34.6 Å². The van der Waals surface area contributed by atoms with Crippen molar-refractivity contribution < 1.29 is 19.1 Å². The molecular formula is C12H16CaO4. The zero-order valence-electron chi connectivity index (χ0n) is 9.36. The summed E-state index contributed by atoms with van der Waals surface area (Å²) in [6.45, 7) is 4.15. The van der Waals surface area contributed by atoms with Crippen molar-refractivity contribution in [3.8, 4) is 0 Å². The molecule has 5 heteroatoms. The van der Waals surface area contributed by atoms with E-state index in [0.29, 0.717) is 24.3 Å². The van der Waals surface area contributed by atoms with Crippen molar-refractivity contribution in [2.45, 2.75) is 13.8 Å². The van der Waals surface area contributed by atoms with Gasteiger partial charge < -0.3 is 9.47 Å². The van der Waals surface area contributed by atoms with Gasteiger partial charge in [-0.25, -0.2) is 9.59 Å². The van der Waals surface area contributed by atoms with E-state index >= 15 is 0 Å². The Labute approximate surface area is 130 Å². The van der Waals surface area contributed by atoms with Crippen molar-refractivity contribution in [1.82, 2.24) is 0 Å². The van der Waals surface area contributed by atoms with Crippen molar-refractivity contribution in [2.75, 3.05) is 13.2 Å². The van der Waals surface area contributed by atoms with Crippen LogP contribution in [0.5, 0.6) is 0 Å². The number of hydrogen-bond acceptors (Lipinski definition) is 4. The van der Waals surface area contributed by atoms with Crippen molar-refractivity contribution in [2.24, 2.45) is 0 Å². The molecule has 0 aliphatic carbocycles. The number of esters is 2. The molecule has 0 N–H and O–H groups in total. The summed E-state index contributed by atoms with van der Waals surface area (Å²) in [6, 6.07) is 6.18. The van der Waals surface area contributed by atoms with E-state index in [9.17, 15) is 9.59 Å². The molecule has 1 rings (SSSR count). The molecule has 0 heterocycles. The van der Waals surface area contributed by atoms with Crippen molar-refractivity contribution in [3.05, 3.63) is 35.4 Å². The van der Waals surface area contributed by atoms with E-state index < -0.39 is 11.9 Å². The Hall–Kier alpha value is -0.580. The molecule has 0 saturated carbocycles. The minimum absolute atomic E-state index is 0. The Bertz CT molecular complexity index is 336. The Morgan fingerprint density at radius 2 is 1.18 bits per heavy atom. The van der Waals surface area contributed by atoms with E-state index in [1.54, 1.807) is 38.1 Å². The first-order valence-corrected chi connectivity index (χ1v) is 5.13. The Morgan fingerprint density at radius 3 is 1.41 bits per heavy atom. The zero-order chi connectivity index (χ0) is 12.0. The van der Waals surface area contributed by atoms with Gasteiger partial charge in [0.15, 0.2) is 0 Å². The summed E-state index contributed by atoms with van der Waals surface area (Å²) in [4.78, 5) is 22.6. The van der Waals surface area contributed by atoms with Gasteiger partial charge in [0.05, 0.1) is 24.3 Å². The van der Waals surface area contributed by atoms with Gasteiger partial charge in [-0.1, -0.05) is 0 Å². The van der Waals surface area contributed by atoms with E-state index in [1.807, 2.05) is 0 Å². The van der Waals surface area contributed by atoms with Crippen molar-refractivity contribution in [3.63, 3.8) is 0 Å². The van der Waals surface area contributed by atoms with Gasteiger partial charge in [-0.2, -0.15) is 0 Å². The second kappa shape index (κ2) is 8.50. The summed E-state index contributed by atoms with van der Waals surface area (Å²) in [5.41, 5.74) is 0.852. The predicted molar refractivity (Wildman–Crippen MR) is 66.9 cm³/mol. The monoisotopic (exact) mass is 264 g/mol. The number of ether oxygens (including phenoxy) is 2. The van der Waals surface area contributed by atoms with Gasteiger partial charge in [0.1, 0.15) is 0 Å². The standard InChI is InChI=1S/C12H14O4.Ca.2H/c1-3-15-11(13)9-5-7-10(8-6-9)12(14)16-4-2;;;/h5-8H,3-4H2,1-2H3;;;. The molecule has 90 valence electrons. The molecule has 0 fully saturated rings. The third-order valence-corrected chi connectivity index (χ3v) is 1.91. The number of carbonyl (C=O) groups is 2. The Balaban J connectivity index is 0.00000256. The molecule has 0 aliphatic rings. The molecule has 1 aromatic rings. The molecule has 0 radical (unpaired) electrons. The summed E-state index contributed by atoms with van der Waals surface area (Å²) < 4.78 is 9.64. The fraction of sp³-hybridized carbons (Fsp3) is 0.333. The third kappa shape index (κ3) is 5.06. The van der Waals surface area contributed by atoms with Gasteiger partial charge in [0.25, 0.3) is 0 Å². The molecule has 0 atom stereocenters. The van der Waals surface area contributed by atoms with Gasteiger partial charge in [-0.05, 0) is 38.1 Å². The van der Waals surface area contributed by atoms with Crippen LogP contribution >= 0.6 is 0 Å². The number of benzene rings is 1. The zero-order valence-corrected chi connectivity index (χ0v) is 9.36. The van der Waals surface area contributed by atoms with Crippen molar-refractivity contribution >= 4 is 49.7 Å². The Morgan fingerprint density at radius 1 is 0.882 bits per heavy atom. The molecule has 0 spiro atoms. The third-order valence-electron chi connectivity index (χ3n) is 1.91. The summed E-state index contributed by atoms with van der Waals surface area (Å²) >= 11 is 0. The van der Waals surface area contributed by atoms with Gasteiger partial charge >= 0.3 is 49.7 Å². The van der Waals surface area contributed by atoms with E-state index in [1.165, 1.54) is 0 Å². The van der Waals surface area contributed by atoms with Crippen LogP contribution in [0.2, 0.25) is 0 Å². The second-order valence-electron chi connectivity index (χ2n) is 3.02. The number of hydrogen-bond donors (Lipinski definition) is 0. The van der Waals surface area contributed by atoms with E-state index in [2.05, 4.69) is 0 Å². The first-order chi connectivity index (χ1) is 7.69. The summed E-state index contributed by atoms with van der Waals surface area (Å²) in [7, 11) is 0. The summed E-state index contributed by atoms with van der Waals surface area (Å²) in [5, 5.41) is 0. The van der Waals surface area contributed by atoms with Crippen LogP contribution in [0, 0.1) is 0 Å². The first kappa shape index (κ1) is 16.4. The van der Waals surface area contributed by atoms with Crippen LogP contribution < -0.4 is 0 Å². The van der Waals surface area contributed by atoms with Gasteiger partial charge in [-0.3, -0.25) is 0 Å². The predicted octanol–water partition coefficient (Wildman–Crippen LogP) is 1.12. The second-order valence-corrected chi connectivity index (χ2v) is 3.02. The molecule has 0 amide bonds. The SMILES string of the molecule is CCOC(=O)c1ccc(C(=O)OCC)cc1.[CaH2]. The van der Waals surface area contributed by atoms with Crippen LogP contribution in [0.25, 0.3) is 0 Å². The van der Waals surface area contributed by atoms with Gasteiger partial charge in [-0.15, -0.1) is 0 Å². The molecule has 4 nitrogen and oxygen atoms in total. The van der Waals surface area contributed by atoms with Crippen LogP contribution in [0.4, 0.5) is 0 Å². The average molecular weight is 264 g/mol. The molecule has 0 aromatic heterocycles. The minimum atomic E-state index is -0.391. The fourth-order valence-corrected chi connectivity index (χ4v) is 1.17. The molecule has 0 unspecified atom stereocenters. The van der Waals surface area contributed by atoms with Crippen LogP contribution in [-0.4, -0.2) is 62.9 Å². The van der Waals surface area contributed by atoms with E-state index in [-0.39, 0.29) is 37.7 Å². The average Bonchev–Trinajstić information content (AvgIpc) is 2.30. The van der Waals surface area contributed by atoms with Crippen LogP contribution in [0.3, 0.4) is 0 Å². The molecule has 1 aromatic carbocycles. The summed E-state index contributed by atoms with van der Waals surface area (Å²) in [5.74, 6) is -0.782. The van der Waals surface area contributed by atoms with Crippen LogP contribution in [0.15, 0.2) is 24.3 Å². The molecule has 0 saturated heterocycles. The number of carbonyl (C=O) groups excluding carboxylic acids is 2. The Kier molecular flexibility index (Phi) is 8.21. The molecule has 0 bridgehead atoms. The summed E-state index contributed by atoms with van der Waals surface area (Å²) in [6.07, 6.45) is 0. The fourth-order valence-electron chi connectivity index (χ4n) is 1.17. The maximum atomic E-state index is 11.3. The van der Waals surface area contributed by atoms with E-state index in [4.69, 9.17) is 9.47 Å². The topological polar surface area (TPSA) is 52.6 Å². The van der Waals surface area contributed by atoms with Crippen molar-refractivity contribution in [1.29, 1.82) is 0 Å². The molecule has 17 heavy (non-hydrogen) atoms. The number of rotatable bonds is 4. The molecule has 0 aliphatic heterocycles. The maximum absolute atomic E-state index is 11.3. The molecular weight excluding hydrogens is 248 g/mol.